The third-order valence-electron chi connectivity index (χ3n) is 5.37. The SMILES string of the molecule is O=C(CN1C(=O)S/C(=C\c2cccc(-c3cc(=O)c4ccccc4o3)c2)C1=O)c1ccccc1. The zero-order chi connectivity index (χ0) is 23.7. The lowest BCUT2D eigenvalue weighted by atomic mass is 10.1. The number of thioether (sulfide) groups is 1. The maximum atomic E-state index is 12.8. The van der Waals surface area contributed by atoms with Crippen LogP contribution in [0.3, 0.4) is 0 Å². The van der Waals surface area contributed by atoms with Crippen LogP contribution in [0.25, 0.3) is 28.4 Å². The summed E-state index contributed by atoms with van der Waals surface area (Å²) in [6.45, 7) is -0.311. The molecule has 3 aromatic carbocycles. The molecule has 1 saturated heterocycles. The van der Waals surface area contributed by atoms with E-state index >= 15 is 0 Å². The van der Waals surface area contributed by atoms with E-state index in [-0.39, 0.29) is 22.7 Å². The van der Waals surface area contributed by atoms with Crippen molar-refractivity contribution in [2.24, 2.45) is 0 Å². The number of nitrogens with zero attached hydrogens (tertiary/aromatic N) is 1. The molecule has 0 radical (unpaired) electrons. The van der Waals surface area contributed by atoms with Crippen LogP contribution in [0.2, 0.25) is 0 Å². The quantitative estimate of drug-likeness (QED) is 0.289. The summed E-state index contributed by atoms with van der Waals surface area (Å²) in [6.07, 6.45) is 1.60. The van der Waals surface area contributed by atoms with Crippen LogP contribution in [0.15, 0.2) is 99.0 Å². The number of fused-ring (bicyclic) bond motifs is 1. The van der Waals surface area contributed by atoms with Gasteiger partial charge in [-0.1, -0.05) is 60.7 Å². The Kier molecular flexibility index (Phi) is 5.69. The average molecular weight is 468 g/mol. The van der Waals surface area contributed by atoms with Crippen molar-refractivity contribution in [3.05, 3.63) is 111 Å². The molecule has 1 aromatic heterocycles. The fourth-order valence-electron chi connectivity index (χ4n) is 3.67. The summed E-state index contributed by atoms with van der Waals surface area (Å²) >= 11 is 0.793. The molecular formula is C27H17NO5S. The number of amides is 2. The van der Waals surface area contributed by atoms with Crippen molar-refractivity contribution in [2.45, 2.75) is 0 Å². The number of imide groups is 1. The molecule has 6 nitrogen and oxygen atoms in total. The highest BCUT2D eigenvalue weighted by atomic mass is 32.2. The third kappa shape index (κ3) is 4.21. The van der Waals surface area contributed by atoms with Crippen LogP contribution in [0, 0.1) is 0 Å². The molecule has 0 unspecified atom stereocenters. The van der Waals surface area contributed by atoms with E-state index in [4.69, 9.17) is 4.42 Å². The van der Waals surface area contributed by atoms with Gasteiger partial charge in [0.25, 0.3) is 11.1 Å². The Labute approximate surface area is 198 Å². The highest BCUT2D eigenvalue weighted by Gasteiger charge is 2.36. The number of hydrogen-bond donors (Lipinski definition) is 0. The summed E-state index contributed by atoms with van der Waals surface area (Å²) in [7, 11) is 0. The molecule has 1 fully saturated rings. The summed E-state index contributed by atoms with van der Waals surface area (Å²) in [5.74, 6) is -0.417. The monoisotopic (exact) mass is 467 g/mol. The number of rotatable bonds is 5. The molecule has 0 N–H and O–H groups in total. The lowest BCUT2D eigenvalue weighted by Gasteiger charge is -2.11. The Balaban J connectivity index is 1.41. The van der Waals surface area contributed by atoms with Crippen LogP contribution in [-0.4, -0.2) is 28.4 Å². The van der Waals surface area contributed by atoms with Crippen LogP contribution < -0.4 is 5.43 Å². The second-order valence-corrected chi connectivity index (χ2v) is 8.65. The van der Waals surface area contributed by atoms with Crippen molar-refractivity contribution < 1.29 is 18.8 Å². The number of para-hydroxylation sites is 1. The molecule has 4 aromatic rings. The zero-order valence-corrected chi connectivity index (χ0v) is 18.6. The molecule has 2 heterocycles. The van der Waals surface area contributed by atoms with Crippen LogP contribution in [-0.2, 0) is 4.79 Å². The van der Waals surface area contributed by atoms with Crippen molar-refractivity contribution in [3.63, 3.8) is 0 Å². The largest absolute Gasteiger partial charge is 0.456 e. The van der Waals surface area contributed by atoms with Gasteiger partial charge in [0.1, 0.15) is 11.3 Å². The molecule has 0 bridgehead atoms. The van der Waals surface area contributed by atoms with Crippen LogP contribution in [0.5, 0.6) is 0 Å². The van der Waals surface area contributed by atoms with E-state index in [1.165, 1.54) is 6.07 Å². The molecule has 0 atom stereocenters. The predicted octanol–water partition coefficient (Wildman–Crippen LogP) is 5.38. The summed E-state index contributed by atoms with van der Waals surface area (Å²) in [5, 5.41) is 0.0124. The molecule has 5 rings (SSSR count). The fourth-order valence-corrected chi connectivity index (χ4v) is 4.51. The van der Waals surface area contributed by atoms with Gasteiger partial charge in [-0.15, -0.1) is 0 Å². The fraction of sp³-hybridized carbons (Fsp3) is 0.0370. The summed E-state index contributed by atoms with van der Waals surface area (Å²) < 4.78 is 5.90. The normalized spacial score (nSPS) is 14.8. The zero-order valence-electron chi connectivity index (χ0n) is 17.8. The minimum atomic E-state index is -0.512. The number of benzene rings is 3. The number of hydrogen-bond acceptors (Lipinski definition) is 6. The average Bonchev–Trinajstić information content (AvgIpc) is 3.12. The minimum Gasteiger partial charge on any atom is -0.456 e. The van der Waals surface area contributed by atoms with Crippen LogP contribution in [0.1, 0.15) is 15.9 Å². The van der Waals surface area contributed by atoms with E-state index in [9.17, 15) is 19.2 Å². The summed E-state index contributed by atoms with van der Waals surface area (Å²) in [5.41, 5.74) is 2.10. The van der Waals surface area contributed by atoms with Gasteiger partial charge >= 0.3 is 0 Å². The second-order valence-electron chi connectivity index (χ2n) is 7.65. The molecule has 7 heteroatoms. The number of carbonyl (C=O) groups excluding carboxylic acids is 3. The highest BCUT2D eigenvalue weighted by molar-refractivity contribution is 8.18. The Morgan fingerprint density at radius 2 is 1.65 bits per heavy atom. The number of Topliss-reactive ketones (excluding diaryl/α,β-unsaturated/α-hetero) is 1. The Bertz CT molecular complexity index is 1540. The summed E-state index contributed by atoms with van der Waals surface area (Å²) in [6, 6.07) is 24.1. The Morgan fingerprint density at radius 3 is 2.47 bits per heavy atom. The minimum absolute atomic E-state index is 0.147. The van der Waals surface area contributed by atoms with Crippen molar-refractivity contribution >= 4 is 45.7 Å². The first kappa shape index (κ1) is 21.6. The van der Waals surface area contributed by atoms with Crippen LogP contribution >= 0.6 is 11.8 Å². The molecular weight excluding hydrogens is 450 g/mol. The predicted molar refractivity (Wildman–Crippen MR) is 131 cm³/mol. The van der Waals surface area contributed by atoms with Gasteiger partial charge < -0.3 is 4.42 Å². The maximum Gasteiger partial charge on any atom is 0.293 e. The van der Waals surface area contributed by atoms with Gasteiger partial charge in [-0.25, -0.2) is 0 Å². The van der Waals surface area contributed by atoms with E-state index < -0.39 is 11.1 Å². The lowest BCUT2D eigenvalue weighted by Crippen LogP contribution is -2.33. The van der Waals surface area contributed by atoms with Gasteiger partial charge in [-0.3, -0.25) is 24.1 Å². The first-order valence-corrected chi connectivity index (χ1v) is 11.3. The highest BCUT2D eigenvalue weighted by Crippen LogP contribution is 2.33. The second kappa shape index (κ2) is 8.96. The molecule has 166 valence electrons. The van der Waals surface area contributed by atoms with Gasteiger partial charge in [-0.05, 0) is 41.6 Å². The lowest BCUT2D eigenvalue weighted by molar-refractivity contribution is -0.122. The Morgan fingerprint density at radius 1 is 0.882 bits per heavy atom. The Hall–Kier alpha value is -4.23. The van der Waals surface area contributed by atoms with Crippen molar-refractivity contribution in [1.29, 1.82) is 0 Å². The van der Waals surface area contributed by atoms with E-state index in [0.29, 0.717) is 33.4 Å². The third-order valence-corrected chi connectivity index (χ3v) is 6.28. The molecule has 1 aliphatic heterocycles. The van der Waals surface area contributed by atoms with Gasteiger partial charge in [0.05, 0.1) is 16.8 Å². The molecule has 1 aliphatic rings. The molecule has 0 saturated carbocycles. The van der Waals surface area contributed by atoms with Gasteiger partial charge in [0.2, 0.25) is 0 Å². The van der Waals surface area contributed by atoms with Crippen molar-refractivity contribution in [2.75, 3.05) is 6.54 Å². The molecule has 2 amide bonds. The topological polar surface area (TPSA) is 84.7 Å². The van der Waals surface area contributed by atoms with Crippen molar-refractivity contribution in [3.8, 4) is 11.3 Å². The van der Waals surface area contributed by atoms with E-state index in [1.54, 1.807) is 84.9 Å². The van der Waals surface area contributed by atoms with E-state index in [0.717, 1.165) is 16.7 Å². The maximum absolute atomic E-state index is 12.8. The molecule has 0 spiro atoms. The standard InChI is InChI=1S/C27H17NO5S/c29-21-15-24(33-23-12-5-4-11-20(21)23)19-10-6-7-17(13-19)14-25-26(31)28(27(32)34-25)16-22(30)18-8-2-1-3-9-18/h1-15H,16H2/b25-14-. The van der Waals surface area contributed by atoms with Gasteiger partial charge in [-0.2, -0.15) is 0 Å². The van der Waals surface area contributed by atoms with Gasteiger partial charge in [0, 0.05) is 17.2 Å². The first-order valence-electron chi connectivity index (χ1n) is 10.5. The van der Waals surface area contributed by atoms with Crippen molar-refractivity contribution in [1.82, 2.24) is 4.90 Å². The first-order chi connectivity index (χ1) is 16.5. The van der Waals surface area contributed by atoms with E-state index in [2.05, 4.69) is 0 Å². The number of ketones is 1. The molecule has 34 heavy (non-hydrogen) atoms. The van der Waals surface area contributed by atoms with Gasteiger partial charge in [0.15, 0.2) is 11.2 Å². The number of carbonyl (C=O) groups is 3. The van der Waals surface area contributed by atoms with Crippen LogP contribution in [0.4, 0.5) is 4.79 Å². The molecule has 0 aliphatic carbocycles. The summed E-state index contributed by atoms with van der Waals surface area (Å²) in [4.78, 5) is 51.4. The van der Waals surface area contributed by atoms with E-state index in [1.807, 2.05) is 0 Å². The smallest absolute Gasteiger partial charge is 0.293 e.